The molecular formula is C79H100ClF3N10O11S4. The lowest BCUT2D eigenvalue weighted by molar-refractivity contribution is -0.144. The highest BCUT2D eigenvalue weighted by Crippen LogP contribution is 2.38. The normalized spacial score (nSPS) is 18.0. The van der Waals surface area contributed by atoms with Crippen LogP contribution in [0.5, 0.6) is 0 Å². The van der Waals surface area contributed by atoms with Crippen molar-refractivity contribution in [2.45, 2.75) is 169 Å². The fourth-order valence-electron chi connectivity index (χ4n) is 14.1. The van der Waals surface area contributed by atoms with Crippen LogP contribution in [0.4, 0.5) is 24.5 Å². The van der Waals surface area contributed by atoms with E-state index in [9.17, 15) is 59.1 Å². The molecule has 21 nitrogen and oxygen atoms in total. The molecule has 0 radical (unpaired) electrons. The highest BCUT2D eigenvalue weighted by molar-refractivity contribution is 7.99. The summed E-state index contributed by atoms with van der Waals surface area (Å²) in [5, 5.41) is 20.4. The van der Waals surface area contributed by atoms with E-state index in [1.165, 1.54) is 34.4 Å². The van der Waals surface area contributed by atoms with Gasteiger partial charge in [-0.15, -0.1) is 23.1 Å². The number of thioether (sulfide) groups is 1. The number of β-amino-alcohol motifs (C(OH)–C–C–N with tert-alkyl or cyclic N) is 1. The van der Waals surface area contributed by atoms with Crippen molar-refractivity contribution >= 4 is 101 Å². The third-order valence-electron chi connectivity index (χ3n) is 20.4. The molecule has 0 spiro atoms. The van der Waals surface area contributed by atoms with E-state index in [-0.39, 0.29) is 48.7 Å². The molecule has 1 aromatic heterocycles. The van der Waals surface area contributed by atoms with Crippen LogP contribution in [0.2, 0.25) is 5.02 Å². The monoisotopic (exact) mass is 1580 g/mol. The molecule has 0 aliphatic carbocycles. The van der Waals surface area contributed by atoms with Crippen LogP contribution in [0.25, 0.3) is 16.0 Å². The number of aryl methyl sites for hydroxylation is 1. The third kappa shape index (κ3) is 22.7. The first kappa shape index (κ1) is 83.1. The molecule has 29 heteroatoms. The number of carbonyl (C=O) groups is 5. The van der Waals surface area contributed by atoms with Crippen molar-refractivity contribution in [2.75, 3.05) is 101 Å². The maximum absolute atomic E-state index is 14.4. The molecule has 0 unspecified atom stereocenters. The van der Waals surface area contributed by atoms with Crippen LogP contribution in [0.1, 0.15) is 144 Å². The predicted octanol–water partition coefficient (Wildman–Crippen LogP) is 12.6. The molecule has 4 aliphatic heterocycles. The van der Waals surface area contributed by atoms with Crippen molar-refractivity contribution in [2.24, 2.45) is 5.41 Å². The average Bonchev–Trinajstić information content (AvgIpc) is 0.950. The second kappa shape index (κ2) is 38.0. The van der Waals surface area contributed by atoms with Crippen LogP contribution >= 0.6 is 34.7 Å². The van der Waals surface area contributed by atoms with Crippen LogP contribution in [-0.2, 0) is 43.8 Å². The molecule has 3 saturated heterocycles. The number of sulfonamides is 1. The largest absolute Gasteiger partial charge is 0.501 e. The molecule has 4 aliphatic rings. The van der Waals surface area contributed by atoms with Gasteiger partial charge in [0.2, 0.25) is 23.6 Å². The van der Waals surface area contributed by atoms with Gasteiger partial charge in [-0.2, -0.15) is 13.2 Å². The van der Waals surface area contributed by atoms with Gasteiger partial charge in [-0.25, -0.2) is 26.5 Å². The minimum atomic E-state index is -6.11. The zero-order chi connectivity index (χ0) is 77.3. The first-order chi connectivity index (χ1) is 51.5. The molecule has 5 amide bonds. The number of unbranched alkanes of at least 4 members (excludes halogenated alkanes) is 7. The number of hydrogen-bond donors (Lipinski definition) is 5. The van der Waals surface area contributed by atoms with Gasteiger partial charge < -0.3 is 40.5 Å². The second-order valence-electron chi connectivity index (χ2n) is 29.4. The number of ether oxygens (including phenoxy) is 1. The Kier molecular flexibility index (Phi) is 29.2. The maximum atomic E-state index is 14.4. The summed E-state index contributed by atoms with van der Waals surface area (Å²) in [7, 11) is -11.0. The number of anilines is 2. The Labute approximate surface area is 646 Å². The molecule has 5 atom stereocenters. The van der Waals surface area contributed by atoms with Crippen molar-refractivity contribution < 1.29 is 63.8 Å². The number of thiazole rings is 1. The highest BCUT2D eigenvalue weighted by Gasteiger charge is 2.49. The number of aliphatic hydroxyl groups is 1. The third-order valence-corrected chi connectivity index (χ3v) is 25.7. The van der Waals surface area contributed by atoms with E-state index in [1.54, 1.807) is 23.5 Å². The maximum Gasteiger partial charge on any atom is 0.501 e. The number of likely N-dealkylation sites (tertiary alicyclic amines) is 1. The van der Waals surface area contributed by atoms with E-state index < -0.39 is 82.3 Å². The first-order valence-corrected chi connectivity index (χ1v) is 42.4. The Balaban J connectivity index is 0.650. The van der Waals surface area contributed by atoms with Crippen molar-refractivity contribution in [1.29, 1.82) is 0 Å². The van der Waals surface area contributed by atoms with Crippen molar-refractivity contribution in [3.05, 3.63) is 160 Å². The van der Waals surface area contributed by atoms with E-state index in [2.05, 4.69) is 35.6 Å². The number of benzene rings is 5. The van der Waals surface area contributed by atoms with Gasteiger partial charge in [0, 0.05) is 124 Å². The smallest absolute Gasteiger partial charge is 0.391 e. The molecule has 0 saturated carbocycles. The minimum absolute atomic E-state index is 0.00949. The number of nitrogens with one attached hydrogen (secondary N) is 4. The zero-order valence-corrected chi connectivity index (χ0v) is 66.0. The fraction of sp³-hybridized carbons (Fsp3) is 0.494. The Morgan fingerprint density at radius 2 is 1.41 bits per heavy atom. The minimum Gasteiger partial charge on any atom is -0.391 e. The first-order valence-electron chi connectivity index (χ1n) is 37.2. The molecule has 5 N–H and O–H groups in total. The fourth-order valence-corrected chi connectivity index (χ4v) is 18.1. The van der Waals surface area contributed by atoms with E-state index in [4.69, 9.17) is 16.3 Å². The Morgan fingerprint density at radius 3 is 2.05 bits per heavy atom. The van der Waals surface area contributed by atoms with Crippen LogP contribution in [0, 0.1) is 12.3 Å². The number of aromatic nitrogens is 1. The molecule has 5 aromatic carbocycles. The molecule has 0 bridgehead atoms. The summed E-state index contributed by atoms with van der Waals surface area (Å²) >= 11 is 9.33. The topological polar surface area (TPSA) is 260 Å². The number of sulfone groups is 1. The van der Waals surface area contributed by atoms with Gasteiger partial charge in [0.1, 0.15) is 17.0 Å². The van der Waals surface area contributed by atoms with Crippen LogP contribution in [0.15, 0.2) is 147 Å². The lowest BCUT2D eigenvalue weighted by Gasteiger charge is -2.39. The molecule has 5 heterocycles. The van der Waals surface area contributed by atoms with Gasteiger partial charge in [0.15, 0.2) is 0 Å². The molecular weight excluding hydrogens is 1490 g/mol. The van der Waals surface area contributed by atoms with Gasteiger partial charge in [-0.3, -0.25) is 33.8 Å². The number of hydrogen-bond acceptors (Lipinski definition) is 18. The van der Waals surface area contributed by atoms with Gasteiger partial charge in [-0.05, 0) is 140 Å². The van der Waals surface area contributed by atoms with Crippen LogP contribution in [-0.4, -0.2) is 197 Å². The highest BCUT2D eigenvalue weighted by atomic mass is 35.5. The number of rotatable bonds is 33. The molecule has 108 heavy (non-hydrogen) atoms. The number of nitrogens with zero attached hydrogens (tertiary/aromatic N) is 6. The van der Waals surface area contributed by atoms with E-state index in [0.717, 1.165) is 100 Å². The summed E-state index contributed by atoms with van der Waals surface area (Å²) in [6, 6.07) is 31.0. The zero-order valence-electron chi connectivity index (χ0n) is 62.0. The Morgan fingerprint density at radius 1 is 0.759 bits per heavy atom. The number of aliphatic hydroxyl groups excluding tert-OH is 1. The van der Waals surface area contributed by atoms with E-state index in [1.807, 2.05) is 129 Å². The summed E-state index contributed by atoms with van der Waals surface area (Å²) in [5.41, 5.74) is 1.94. The summed E-state index contributed by atoms with van der Waals surface area (Å²) in [5.74, 6) is -1.61. The van der Waals surface area contributed by atoms with Gasteiger partial charge >= 0.3 is 5.51 Å². The summed E-state index contributed by atoms with van der Waals surface area (Å²) in [4.78, 5) is 83.1. The van der Waals surface area contributed by atoms with Crippen molar-refractivity contribution in [3.8, 4) is 10.4 Å². The SMILES string of the molecule is Cc1ncsc1-c1ccc([C@H](C)NC(=O)[C@@H]2C[C@@H](O)CN2C(=O)[C@@H](NC(=O)CCCCCCCCCCC(=O)N2CCC(c3ccc(Cl)cc3)=C(CN3CCN(c4ccc(C(=O)NS(=O)(=O)c5ccc(N[C@H](CCN6CCOCC6)CSc6ccccc6)c(S(=O)(=O)C(F)(F)F)c5)cc4)CC3)C2)C(C)(C)C)cc1. The molecule has 584 valence electrons. The number of carbonyl (C=O) groups excluding carboxylic acids is 5. The van der Waals surface area contributed by atoms with Gasteiger partial charge in [-0.1, -0.05) is 125 Å². The Bertz CT molecular complexity index is 4310. The average molecular weight is 1590 g/mol. The van der Waals surface area contributed by atoms with Gasteiger partial charge in [0.25, 0.3) is 25.8 Å². The summed E-state index contributed by atoms with van der Waals surface area (Å²) in [6.07, 6.45) is 8.11. The quantitative estimate of drug-likeness (QED) is 0.0189. The molecule has 10 rings (SSSR count). The summed E-state index contributed by atoms with van der Waals surface area (Å²) in [6.45, 7) is 16.7. The van der Waals surface area contributed by atoms with Gasteiger partial charge in [0.05, 0.1) is 52.0 Å². The number of morpholine rings is 1. The van der Waals surface area contributed by atoms with E-state index in [0.29, 0.717) is 121 Å². The number of piperazine rings is 1. The van der Waals surface area contributed by atoms with Crippen LogP contribution < -0.4 is 25.6 Å². The van der Waals surface area contributed by atoms with E-state index >= 15 is 0 Å². The Hall–Kier alpha value is -7.41. The number of amides is 5. The second-order valence-corrected chi connectivity index (χ2v) is 35.4. The standard InChI is InChI=1S/C79H100ClF3N10O11S4/c1-54(56-21-23-58(24-22-56)73-55(2)84-53-106-73)85-76(98)69-47-64(94)51-93(69)77(99)74(78(3,4)5)87-71(95)19-15-10-8-6-7-9-11-16-20-72(96)92-38-36-67(57-25-29-61(80)30-26-57)60(50-92)49-90-39-41-91(42-40-90)63-31-27-59(28-32-63)75(97)88-108(102,103)66-33-34-68(70(48-66)107(100,101)79(81,82)83)86-62(35-37-89-43-45-104-46-44-89)52-105-65-17-13-12-14-18-65/h12-14,17-18,21-34,48,53-54,62,64,69,74,86,94H,6-11,15-16,19-20,35-47,49-52H2,1-5H3,(H,85,98)(H,87,95)(H,88,97)/t54-,62+,64+,69-,74+/m0/s1. The molecule has 3 fully saturated rings. The summed E-state index contributed by atoms with van der Waals surface area (Å²) < 4.78 is 105. The predicted molar refractivity (Wildman–Crippen MR) is 418 cm³/mol. The molecule has 6 aromatic rings. The van der Waals surface area contributed by atoms with Crippen LogP contribution in [0.3, 0.4) is 0 Å². The lowest BCUT2D eigenvalue weighted by Crippen LogP contribution is -2.57. The van der Waals surface area contributed by atoms with Crippen molar-refractivity contribution in [3.63, 3.8) is 0 Å². The number of halogens is 4. The number of alkyl halides is 3. The lowest BCUT2D eigenvalue weighted by atomic mass is 9.85. The van der Waals surface area contributed by atoms with Crippen molar-refractivity contribution in [1.82, 2.24) is 39.9 Å².